The van der Waals surface area contributed by atoms with E-state index in [1.807, 2.05) is 0 Å². The molecule has 1 N–H and O–H groups in total. The van der Waals surface area contributed by atoms with Crippen LogP contribution in [0, 0.1) is 11.8 Å². The van der Waals surface area contributed by atoms with Crippen LogP contribution in [-0.4, -0.2) is 24.4 Å². The van der Waals surface area contributed by atoms with E-state index in [4.69, 9.17) is 9.84 Å². The van der Waals surface area contributed by atoms with Crippen molar-refractivity contribution in [2.75, 3.05) is 13.2 Å². The summed E-state index contributed by atoms with van der Waals surface area (Å²) in [5.41, 5.74) is 0. The molecule has 2 heteroatoms. The van der Waals surface area contributed by atoms with Crippen LogP contribution >= 0.6 is 0 Å². The molecule has 0 saturated carbocycles. The SMILES string of the molecule is CC(C)C(CCCCCCO)C1CO1. The van der Waals surface area contributed by atoms with Gasteiger partial charge in [0, 0.05) is 6.61 Å². The van der Waals surface area contributed by atoms with Gasteiger partial charge in [-0.1, -0.05) is 33.1 Å². The summed E-state index contributed by atoms with van der Waals surface area (Å²) in [5, 5.41) is 8.64. The lowest BCUT2D eigenvalue weighted by Crippen LogP contribution is -2.15. The summed E-state index contributed by atoms with van der Waals surface area (Å²) in [6.07, 6.45) is 6.55. The fourth-order valence-electron chi connectivity index (χ4n) is 2.10. The molecule has 0 aromatic carbocycles. The highest BCUT2D eigenvalue weighted by Crippen LogP contribution is 2.31. The first kappa shape index (κ1) is 12.0. The standard InChI is InChI=1S/C12H24O2/c1-10(2)11(12-9-14-12)7-5-3-4-6-8-13/h10-13H,3-9H2,1-2H3. The van der Waals surface area contributed by atoms with Gasteiger partial charge >= 0.3 is 0 Å². The number of hydrogen-bond donors (Lipinski definition) is 1. The van der Waals surface area contributed by atoms with E-state index in [2.05, 4.69) is 13.8 Å². The van der Waals surface area contributed by atoms with Gasteiger partial charge in [-0.15, -0.1) is 0 Å². The molecule has 2 nitrogen and oxygen atoms in total. The number of epoxide rings is 1. The van der Waals surface area contributed by atoms with Gasteiger partial charge in [0.25, 0.3) is 0 Å². The van der Waals surface area contributed by atoms with Crippen molar-refractivity contribution in [1.29, 1.82) is 0 Å². The van der Waals surface area contributed by atoms with Crippen molar-refractivity contribution in [2.45, 2.75) is 52.1 Å². The van der Waals surface area contributed by atoms with E-state index in [0.717, 1.165) is 24.9 Å². The number of hydrogen-bond acceptors (Lipinski definition) is 2. The summed E-state index contributed by atoms with van der Waals surface area (Å²) in [5.74, 6) is 1.52. The molecular weight excluding hydrogens is 176 g/mol. The van der Waals surface area contributed by atoms with E-state index < -0.39 is 0 Å². The molecule has 0 spiro atoms. The number of aliphatic hydroxyl groups is 1. The number of aliphatic hydroxyl groups excluding tert-OH is 1. The maximum absolute atomic E-state index is 8.64. The Morgan fingerprint density at radius 3 is 2.36 bits per heavy atom. The topological polar surface area (TPSA) is 32.8 Å². The summed E-state index contributed by atoms with van der Waals surface area (Å²) < 4.78 is 5.37. The van der Waals surface area contributed by atoms with Crippen LogP contribution in [0.1, 0.15) is 46.0 Å². The van der Waals surface area contributed by atoms with Crippen molar-refractivity contribution in [3.63, 3.8) is 0 Å². The Labute approximate surface area is 87.7 Å². The van der Waals surface area contributed by atoms with E-state index in [1.165, 1.54) is 25.7 Å². The summed E-state index contributed by atoms with van der Waals surface area (Å²) in [6, 6.07) is 0. The Balaban J connectivity index is 2.02. The Morgan fingerprint density at radius 2 is 1.86 bits per heavy atom. The molecule has 1 rings (SSSR count). The highest BCUT2D eigenvalue weighted by atomic mass is 16.6. The highest BCUT2D eigenvalue weighted by Gasteiger charge is 2.33. The number of rotatable bonds is 8. The maximum atomic E-state index is 8.64. The summed E-state index contributed by atoms with van der Waals surface area (Å²) in [6.45, 7) is 5.92. The zero-order valence-corrected chi connectivity index (χ0v) is 9.54. The summed E-state index contributed by atoms with van der Waals surface area (Å²) >= 11 is 0. The lowest BCUT2D eigenvalue weighted by Gasteiger charge is -2.18. The second-order valence-corrected chi connectivity index (χ2v) is 4.71. The molecule has 0 radical (unpaired) electrons. The van der Waals surface area contributed by atoms with Crippen LogP contribution in [0.25, 0.3) is 0 Å². The first-order chi connectivity index (χ1) is 6.75. The third-order valence-corrected chi connectivity index (χ3v) is 3.14. The summed E-state index contributed by atoms with van der Waals surface area (Å²) in [7, 11) is 0. The lowest BCUT2D eigenvalue weighted by atomic mass is 9.87. The van der Waals surface area contributed by atoms with Crippen molar-refractivity contribution >= 4 is 0 Å². The second-order valence-electron chi connectivity index (χ2n) is 4.71. The molecule has 1 aliphatic heterocycles. The number of unbranched alkanes of at least 4 members (excludes halogenated alkanes) is 3. The van der Waals surface area contributed by atoms with Gasteiger partial charge in [0.2, 0.25) is 0 Å². The molecule has 0 amide bonds. The van der Waals surface area contributed by atoms with Gasteiger partial charge in [-0.2, -0.15) is 0 Å². The van der Waals surface area contributed by atoms with Crippen molar-refractivity contribution in [2.24, 2.45) is 11.8 Å². The molecule has 0 aromatic heterocycles. The van der Waals surface area contributed by atoms with Crippen LogP contribution in [0.4, 0.5) is 0 Å². The van der Waals surface area contributed by atoms with Crippen LogP contribution in [0.15, 0.2) is 0 Å². The van der Waals surface area contributed by atoms with Crippen molar-refractivity contribution in [3.8, 4) is 0 Å². The van der Waals surface area contributed by atoms with Gasteiger partial charge in [-0.05, 0) is 24.7 Å². The van der Waals surface area contributed by atoms with E-state index in [0.29, 0.717) is 12.7 Å². The van der Waals surface area contributed by atoms with Crippen molar-refractivity contribution < 1.29 is 9.84 Å². The first-order valence-corrected chi connectivity index (χ1v) is 5.98. The third-order valence-electron chi connectivity index (χ3n) is 3.14. The zero-order chi connectivity index (χ0) is 10.4. The minimum absolute atomic E-state index is 0.347. The minimum atomic E-state index is 0.347. The number of ether oxygens (including phenoxy) is 1. The lowest BCUT2D eigenvalue weighted by molar-refractivity contribution is 0.249. The maximum Gasteiger partial charge on any atom is 0.0840 e. The Kier molecular flexibility index (Phi) is 5.49. The monoisotopic (exact) mass is 200 g/mol. The van der Waals surface area contributed by atoms with E-state index in [-0.39, 0.29) is 0 Å². The highest BCUT2D eigenvalue weighted by molar-refractivity contribution is 4.81. The molecule has 1 heterocycles. The third kappa shape index (κ3) is 4.43. The van der Waals surface area contributed by atoms with Crippen LogP contribution < -0.4 is 0 Å². The molecule has 0 aromatic rings. The van der Waals surface area contributed by atoms with Gasteiger partial charge in [0.1, 0.15) is 0 Å². The first-order valence-electron chi connectivity index (χ1n) is 5.98. The van der Waals surface area contributed by atoms with Crippen molar-refractivity contribution in [1.82, 2.24) is 0 Å². The average molecular weight is 200 g/mol. The zero-order valence-electron chi connectivity index (χ0n) is 9.54. The molecule has 1 saturated heterocycles. The van der Waals surface area contributed by atoms with Gasteiger partial charge in [-0.3, -0.25) is 0 Å². The molecule has 0 bridgehead atoms. The van der Waals surface area contributed by atoms with E-state index in [1.54, 1.807) is 0 Å². The molecule has 0 aliphatic carbocycles. The largest absolute Gasteiger partial charge is 0.396 e. The smallest absolute Gasteiger partial charge is 0.0840 e. The van der Waals surface area contributed by atoms with Crippen LogP contribution in [-0.2, 0) is 4.74 Å². The molecule has 2 atom stereocenters. The fraction of sp³-hybridized carbons (Fsp3) is 1.00. The van der Waals surface area contributed by atoms with Crippen LogP contribution in [0.5, 0.6) is 0 Å². The van der Waals surface area contributed by atoms with Crippen LogP contribution in [0.3, 0.4) is 0 Å². The average Bonchev–Trinajstić information content (AvgIpc) is 2.94. The molecule has 84 valence electrons. The van der Waals surface area contributed by atoms with Crippen molar-refractivity contribution in [3.05, 3.63) is 0 Å². The Bertz CT molecular complexity index is 139. The Hall–Kier alpha value is -0.0800. The summed E-state index contributed by atoms with van der Waals surface area (Å²) in [4.78, 5) is 0. The Morgan fingerprint density at radius 1 is 1.21 bits per heavy atom. The van der Waals surface area contributed by atoms with Gasteiger partial charge in [0.15, 0.2) is 0 Å². The fourth-order valence-corrected chi connectivity index (χ4v) is 2.10. The van der Waals surface area contributed by atoms with Gasteiger partial charge < -0.3 is 9.84 Å². The quantitative estimate of drug-likeness (QED) is 0.482. The molecule has 1 fully saturated rings. The normalized spacial score (nSPS) is 22.7. The molecular formula is C12H24O2. The van der Waals surface area contributed by atoms with E-state index in [9.17, 15) is 0 Å². The van der Waals surface area contributed by atoms with Crippen LogP contribution in [0.2, 0.25) is 0 Å². The predicted octanol–water partition coefficient (Wildman–Crippen LogP) is 2.60. The van der Waals surface area contributed by atoms with Gasteiger partial charge in [0.05, 0.1) is 12.7 Å². The predicted molar refractivity (Wildman–Crippen MR) is 58.2 cm³/mol. The second kappa shape index (κ2) is 6.41. The molecule has 2 unspecified atom stereocenters. The molecule has 14 heavy (non-hydrogen) atoms. The molecule has 1 aliphatic rings. The van der Waals surface area contributed by atoms with Gasteiger partial charge in [-0.25, -0.2) is 0 Å². The minimum Gasteiger partial charge on any atom is -0.396 e. The van der Waals surface area contributed by atoms with E-state index >= 15 is 0 Å².